The normalized spacial score (nSPS) is 10.5. The fraction of sp³-hybridized carbons (Fsp3) is 0.0909. The maximum absolute atomic E-state index is 13.3. The molecule has 0 aromatic heterocycles. The molecule has 0 nitrogen and oxygen atoms in total. The molecule has 0 atom stereocenters. The maximum Gasteiger partial charge on any atom is 0.131 e. The quantitative estimate of drug-likeness (QED) is 0.577. The predicted octanol–water partition coefficient (Wildman–Crippen LogP) is 2.65. The molecule has 0 aliphatic rings. The van der Waals surface area contributed by atoms with E-state index in [1.807, 2.05) is 18.2 Å². The van der Waals surface area contributed by atoms with E-state index in [1.165, 1.54) is 6.07 Å². The average molecular weight is 170 g/mol. The zero-order valence-corrected chi connectivity index (χ0v) is 7.13. The van der Waals surface area contributed by atoms with E-state index in [4.69, 9.17) is 7.85 Å². The first-order chi connectivity index (χ1) is 6.33. The topological polar surface area (TPSA) is 0 Å². The van der Waals surface area contributed by atoms with E-state index in [0.29, 0.717) is 11.7 Å². The van der Waals surface area contributed by atoms with Crippen molar-refractivity contribution in [3.05, 3.63) is 47.8 Å². The zero-order chi connectivity index (χ0) is 9.26. The van der Waals surface area contributed by atoms with Crippen LogP contribution in [0.4, 0.5) is 4.39 Å². The van der Waals surface area contributed by atoms with Crippen LogP contribution in [0.15, 0.2) is 36.4 Å². The third-order valence-electron chi connectivity index (χ3n) is 2.18. The molecule has 0 N–H and O–H groups in total. The molecule has 0 amide bonds. The fourth-order valence-electron chi connectivity index (χ4n) is 1.50. The Balaban J connectivity index is 2.84. The summed E-state index contributed by atoms with van der Waals surface area (Å²) in [7, 11) is 5.54. The van der Waals surface area contributed by atoms with Gasteiger partial charge in [-0.2, -0.15) is 0 Å². The van der Waals surface area contributed by atoms with Gasteiger partial charge in [0.15, 0.2) is 0 Å². The highest BCUT2D eigenvalue weighted by molar-refractivity contribution is 6.09. The van der Waals surface area contributed by atoms with Crippen molar-refractivity contribution in [2.45, 2.75) is 6.32 Å². The van der Waals surface area contributed by atoms with E-state index in [-0.39, 0.29) is 5.82 Å². The van der Waals surface area contributed by atoms with Gasteiger partial charge in [-0.05, 0) is 17.0 Å². The Labute approximate surface area is 77.8 Å². The van der Waals surface area contributed by atoms with Crippen molar-refractivity contribution < 1.29 is 4.39 Å². The maximum atomic E-state index is 13.3. The van der Waals surface area contributed by atoms with E-state index in [9.17, 15) is 4.39 Å². The summed E-state index contributed by atoms with van der Waals surface area (Å²) in [6.45, 7) is 0. The Morgan fingerprint density at radius 2 is 1.69 bits per heavy atom. The zero-order valence-electron chi connectivity index (χ0n) is 7.13. The summed E-state index contributed by atoms with van der Waals surface area (Å²) in [6, 6.07) is 10.6. The largest absolute Gasteiger partial charge is 0.206 e. The van der Waals surface area contributed by atoms with Gasteiger partial charge in [-0.3, -0.25) is 0 Å². The lowest BCUT2D eigenvalue weighted by atomic mass is 9.92. The van der Waals surface area contributed by atoms with Gasteiger partial charge in [-0.25, -0.2) is 4.39 Å². The van der Waals surface area contributed by atoms with Gasteiger partial charge in [0.25, 0.3) is 0 Å². The predicted molar refractivity (Wildman–Crippen MR) is 53.4 cm³/mol. The molecule has 2 aromatic rings. The van der Waals surface area contributed by atoms with E-state index in [1.54, 1.807) is 12.1 Å². The van der Waals surface area contributed by atoms with Gasteiger partial charge in [0.1, 0.15) is 5.82 Å². The lowest BCUT2D eigenvalue weighted by Gasteiger charge is -2.04. The molecule has 0 saturated carbocycles. The van der Waals surface area contributed by atoms with E-state index in [2.05, 4.69) is 0 Å². The minimum atomic E-state index is -0.187. The molecule has 0 saturated heterocycles. The van der Waals surface area contributed by atoms with Gasteiger partial charge in [0.2, 0.25) is 0 Å². The first-order valence-electron chi connectivity index (χ1n) is 4.19. The average Bonchev–Trinajstić information content (AvgIpc) is 2.19. The van der Waals surface area contributed by atoms with Crippen molar-refractivity contribution in [2.24, 2.45) is 0 Å². The van der Waals surface area contributed by atoms with Crippen LogP contribution in [-0.2, 0) is 6.32 Å². The Hall–Kier alpha value is -1.31. The fourth-order valence-corrected chi connectivity index (χ4v) is 1.50. The van der Waals surface area contributed by atoms with Crippen LogP contribution >= 0.6 is 0 Å². The summed E-state index contributed by atoms with van der Waals surface area (Å²) < 4.78 is 13.3. The number of rotatable bonds is 1. The first-order valence-corrected chi connectivity index (χ1v) is 4.19. The Morgan fingerprint density at radius 3 is 2.38 bits per heavy atom. The summed E-state index contributed by atoms with van der Waals surface area (Å²) in [6.07, 6.45) is 0.445. The van der Waals surface area contributed by atoms with E-state index >= 15 is 0 Å². The van der Waals surface area contributed by atoms with Crippen molar-refractivity contribution in [3.8, 4) is 0 Å². The molecular formula is C11H8BF. The molecular weight excluding hydrogens is 162 g/mol. The molecule has 0 fully saturated rings. The third-order valence-corrected chi connectivity index (χ3v) is 2.18. The van der Waals surface area contributed by atoms with E-state index in [0.717, 1.165) is 10.9 Å². The van der Waals surface area contributed by atoms with Crippen molar-refractivity contribution in [2.75, 3.05) is 0 Å². The number of hydrogen-bond donors (Lipinski definition) is 0. The molecule has 2 heteroatoms. The van der Waals surface area contributed by atoms with Crippen LogP contribution in [0.1, 0.15) is 5.56 Å². The molecule has 2 rings (SSSR count). The highest BCUT2D eigenvalue weighted by atomic mass is 19.1. The Morgan fingerprint density at radius 1 is 1.00 bits per heavy atom. The van der Waals surface area contributed by atoms with Gasteiger partial charge < -0.3 is 0 Å². The SMILES string of the molecule is [B]Cc1ccc(F)c2ccccc12. The van der Waals surface area contributed by atoms with Crippen molar-refractivity contribution in [1.29, 1.82) is 0 Å². The third kappa shape index (κ3) is 1.33. The van der Waals surface area contributed by atoms with Crippen LogP contribution in [-0.4, -0.2) is 7.85 Å². The van der Waals surface area contributed by atoms with Crippen LogP contribution in [0.3, 0.4) is 0 Å². The monoisotopic (exact) mass is 170 g/mol. The lowest BCUT2D eigenvalue weighted by molar-refractivity contribution is 0.639. The van der Waals surface area contributed by atoms with Crippen LogP contribution in [0.2, 0.25) is 0 Å². The van der Waals surface area contributed by atoms with Gasteiger partial charge in [0, 0.05) is 5.39 Å². The van der Waals surface area contributed by atoms with Crippen LogP contribution in [0.5, 0.6) is 0 Å². The summed E-state index contributed by atoms with van der Waals surface area (Å²) in [5.41, 5.74) is 0.983. The number of halogens is 1. The second-order valence-electron chi connectivity index (χ2n) is 2.96. The molecule has 62 valence electrons. The molecule has 0 heterocycles. The molecule has 0 aliphatic heterocycles. The van der Waals surface area contributed by atoms with Crippen LogP contribution in [0.25, 0.3) is 10.8 Å². The molecule has 13 heavy (non-hydrogen) atoms. The van der Waals surface area contributed by atoms with Gasteiger partial charge in [-0.1, -0.05) is 36.7 Å². The lowest BCUT2D eigenvalue weighted by Crippen LogP contribution is -1.88. The Kier molecular flexibility index (Phi) is 2.05. The van der Waals surface area contributed by atoms with Gasteiger partial charge in [-0.15, -0.1) is 0 Å². The van der Waals surface area contributed by atoms with Crippen LogP contribution < -0.4 is 0 Å². The van der Waals surface area contributed by atoms with Crippen molar-refractivity contribution >= 4 is 18.6 Å². The number of benzene rings is 2. The van der Waals surface area contributed by atoms with Crippen LogP contribution in [0, 0.1) is 5.82 Å². The van der Waals surface area contributed by atoms with Crippen molar-refractivity contribution in [1.82, 2.24) is 0 Å². The highest BCUT2D eigenvalue weighted by Crippen LogP contribution is 2.21. The molecule has 2 aromatic carbocycles. The molecule has 0 bridgehead atoms. The summed E-state index contributed by atoms with van der Waals surface area (Å²) in [4.78, 5) is 0. The molecule has 0 unspecified atom stereocenters. The van der Waals surface area contributed by atoms with Gasteiger partial charge >= 0.3 is 0 Å². The Bertz CT molecular complexity index is 437. The smallest absolute Gasteiger partial charge is 0.131 e. The molecule has 0 spiro atoms. The number of fused-ring (bicyclic) bond motifs is 1. The number of hydrogen-bond acceptors (Lipinski definition) is 0. The highest BCUT2D eigenvalue weighted by Gasteiger charge is 2.02. The minimum absolute atomic E-state index is 0.187. The second kappa shape index (κ2) is 3.21. The summed E-state index contributed by atoms with van der Waals surface area (Å²) in [5.74, 6) is -0.187. The standard InChI is InChI=1S/C11H8BF/c12-7-8-5-6-11(13)10-4-2-1-3-9(8)10/h1-6H,7H2. The summed E-state index contributed by atoms with van der Waals surface area (Å²) in [5, 5.41) is 1.55. The summed E-state index contributed by atoms with van der Waals surface area (Å²) >= 11 is 0. The van der Waals surface area contributed by atoms with Gasteiger partial charge in [0.05, 0.1) is 7.85 Å². The molecule has 2 radical (unpaired) electrons. The second-order valence-corrected chi connectivity index (χ2v) is 2.96. The first kappa shape index (κ1) is 8.30. The van der Waals surface area contributed by atoms with Crippen molar-refractivity contribution in [3.63, 3.8) is 0 Å². The minimum Gasteiger partial charge on any atom is -0.206 e. The van der Waals surface area contributed by atoms with E-state index < -0.39 is 0 Å². The molecule has 0 aliphatic carbocycles.